The van der Waals surface area contributed by atoms with Crippen LogP contribution in [0.1, 0.15) is 28.6 Å². The van der Waals surface area contributed by atoms with E-state index in [2.05, 4.69) is 16.6 Å². The highest BCUT2D eigenvalue weighted by atomic mass is 32.1. The topological polar surface area (TPSA) is 55.4 Å². The predicted molar refractivity (Wildman–Crippen MR) is 64.7 cm³/mol. The molecule has 0 atom stereocenters. The Morgan fingerprint density at radius 3 is 2.88 bits per heavy atom. The maximum Gasteiger partial charge on any atom is 0.340 e. The van der Waals surface area contributed by atoms with Crippen LogP contribution < -0.4 is 5.32 Å². The number of hydrogen-bond donors (Lipinski definition) is 1. The summed E-state index contributed by atoms with van der Waals surface area (Å²) >= 11 is 1.37. The van der Waals surface area contributed by atoms with Gasteiger partial charge in [-0.05, 0) is 12.0 Å². The van der Waals surface area contributed by atoms with Gasteiger partial charge in [-0.1, -0.05) is 13.5 Å². The molecule has 1 aromatic heterocycles. The Hall–Kier alpha value is -1.62. The number of anilines is 1. The van der Waals surface area contributed by atoms with E-state index in [1.54, 1.807) is 5.38 Å². The smallest absolute Gasteiger partial charge is 0.340 e. The molecule has 5 heteroatoms. The zero-order valence-corrected chi connectivity index (χ0v) is 10.0. The number of amides is 1. The molecule has 0 bridgehead atoms. The Labute approximate surface area is 97.9 Å². The van der Waals surface area contributed by atoms with Gasteiger partial charge in [0.2, 0.25) is 6.41 Å². The number of hydrogen-bond acceptors (Lipinski definition) is 4. The Morgan fingerprint density at radius 1 is 1.69 bits per heavy atom. The molecule has 16 heavy (non-hydrogen) atoms. The molecular weight excluding hydrogens is 226 g/mol. The Bertz CT molecular complexity index is 389. The highest BCUT2D eigenvalue weighted by Crippen LogP contribution is 2.34. The van der Waals surface area contributed by atoms with Crippen molar-refractivity contribution in [3.63, 3.8) is 0 Å². The summed E-state index contributed by atoms with van der Waals surface area (Å²) in [5.74, 6) is -0.462. The largest absolute Gasteiger partial charge is 0.465 e. The highest BCUT2D eigenvalue weighted by Gasteiger charge is 2.18. The normalized spacial score (nSPS) is 9.62. The fourth-order valence-electron chi connectivity index (χ4n) is 1.24. The molecule has 1 N–H and O–H groups in total. The van der Waals surface area contributed by atoms with Gasteiger partial charge < -0.3 is 10.1 Å². The second-order valence-corrected chi connectivity index (χ2v) is 3.94. The SMILES string of the molecule is C=C(CC)c1scc(C(=O)OC)c1NC=O. The van der Waals surface area contributed by atoms with Crippen molar-refractivity contribution in [1.29, 1.82) is 0 Å². The van der Waals surface area contributed by atoms with Gasteiger partial charge in [0.15, 0.2) is 0 Å². The molecule has 0 aliphatic heterocycles. The van der Waals surface area contributed by atoms with Crippen molar-refractivity contribution in [3.8, 4) is 0 Å². The van der Waals surface area contributed by atoms with Crippen molar-refractivity contribution in [2.45, 2.75) is 13.3 Å². The van der Waals surface area contributed by atoms with E-state index >= 15 is 0 Å². The quantitative estimate of drug-likeness (QED) is 0.634. The third-order valence-corrected chi connectivity index (χ3v) is 3.23. The first-order chi connectivity index (χ1) is 7.65. The molecule has 0 fully saturated rings. The van der Waals surface area contributed by atoms with Crippen LogP contribution in [0.4, 0.5) is 5.69 Å². The van der Waals surface area contributed by atoms with E-state index in [0.717, 1.165) is 16.9 Å². The fourth-order valence-corrected chi connectivity index (χ4v) is 2.29. The molecule has 1 heterocycles. The molecule has 0 radical (unpaired) electrons. The summed E-state index contributed by atoms with van der Waals surface area (Å²) in [5.41, 5.74) is 1.73. The summed E-state index contributed by atoms with van der Waals surface area (Å²) < 4.78 is 4.63. The number of carbonyl (C=O) groups excluding carboxylic acids is 2. The predicted octanol–water partition coefficient (Wildman–Crippen LogP) is 2.53. The van der Waals surface area contributed by atoms with E-state index in [0.29, 0.717) is 17.7 Å². The molecule has 0 unspecified atom stereocenters. The monoisotopic (exact) mass is 239 g/mol. The molecule has 1 rings (SSSR count). The first-order valence-electron chi connectivity index (χ1n) is 4.73. The van der Waals surface area contributed by atoms with Crippen LogP contribution in [0.15, 0.2) is 12.0 Å². The van der Waals surface area contributed by atoms with E-state index in [1.165, 1.54) is 18.4 Å². The van der Waals surface area contributed by atoms with Crippen molar-refractivity contribution in [2.24, 2.45) is 0 Å². The standard InChI is InChI=1S/C11H13NO3S/c1-4-7(2)10-9(12-6-13)8(5-16-10)11(14)15-3/h5-6H,2,4H2,1,3H3,(H,12,13). The molecule has 0 aliphatic rings. The second kappa shape index (κ2) is 5.46. The summed E-state index contributed by atoms with van der Waals surface area (Å²) in [6.07, 6.45) is 1.30. The minimum absolute atomic E-state index is 0.365. The summed E-state index contributed by atoms with van der Waals surface area (Å²) in [6, 6.07) is 0. The van der Waals surface area contributed by atoms with Gasteiger partial charge in [0.1, 0.15) is 0 Å². The average molecular weight is 239 g/mol. The third-order valence-electron chi connectivity index (χ3n) is 2.15. The highest BCUT2D eigenvalue weighted by molar-refractivity contribution is 7.12. The van der Waals surface area contributed by atoms with Crippen molar-refractivity contribution < 1.29 is 14.3 Å². The van der Waals surface area contributed by atoms with Gasteiger partial charge in [-0.25, -0.2) is 4.79 Å². The van der Waals surface area contributed by atoms with Crippen molar-refractivity contribution in [1.82, 2.24) is 0 Å². The number of allylic oxidation sites excluding steroid dienone is 1. The van der Waals surface area contributed by atoms with Crippen molar-refractivity contribution in [2.75, 3.05) is 12.4 Å². The van der Waals surface area contributed by atoms with Crippen LogP contribution in [0, 0.1) is 0 Å². The molecule has 4 nitrogen and oxygen atoms in total. The van der Waals surface area contributed by atoms with Crippen LogP contribution in [0.3, 0.4) is 0 Å². The molecule has 0 aliphatic carbocycles. The second-order valence-electron chi connectivity index (χ2n) is 3.06. The molecule has 1 aromatic rings. The molecule has 86 valence electrons. The van der Waals surface area contributed by atoms with Crippen LogP contribution in [0.2, 0.25) is 0 Å². The van der Waals surface area contributed by atoms with Crippen LogP contribution in [0.25, 0.3) is 5.57 Å². The summed E-state index contributed by atoms with van der Waals surface area (Å²) in [7, 11) is 1.30. The van der Waals surface area contributed by atoms with Gasteiger partial charge >= 0.3 is 5.97 Å². The lowest BCUT2D eigenvalue weighted by atomic mass is 10.1. The summed E-state index contributed by atoms with van der Waals surface area (Å²) in [6.45, 7) is 5.85. The fraction of sp³-hybridized carbons (Fsp3) is 0.273. The van der Waals surface area contributed by atoms with E-state index < -0.39 is 5.97 Å². The number of methoxy groups -OCH3 is 1. The van der Waals surface area contributed by atoms with Crippen molar-refractivity contribution >= 4 is 35.0 Å². The van der Waals surface area contributed by atoms with Gasteiger partial charge in [-0.15, -0.1) is 11.3 Å². The zero-order chi connectivity index (χ0) is 12.1. The van der Waals surface area contributed by atoms with Gasteiger partial charge in [-0.3, -0.25) is 4.79 Å². The summed E-state index contributed by atoms with van der Waals surface area (Å²) in [4.78, 5) is 22.8. The minimum atomic E-state index is -0.462. The van der Waals surface area contributed by atoms with Gasteiger partial charge in [0, 0.05) is 5.38 Å². The number of ether oxygens (including phenoxy) is 1. The molecule has 0 aromatic carbocycles. The van der Waals surface area contributed by atoms with Crippen LogP contribution in [-0.2, 0) is 9.53 Å². The van der Waals surface area contributed by atoms with Gasteiger partial charge in [0.25, 0.3) is 0 Å². The number of nitrogens with one attached hydrogen (secondary N) is 1. The Balaban J connectivity index is 3.21. The summed E-state index contributed by atoms with van der Waals surface area (Å²) in [5, 5.41) is 4.18. The number of carbonyl (C=O) groups is 2. The van der Waals surface area contributed by atoms with Gasteiger partial charge in [-0.2, -0.15) is 0 Å². The molecular formula is C11H13NO3S. The molecule has 0 saturated carbocycles. The number of rotatable bonds is 5. The lowest BCUT2D eigenvalue weighted by Crippen LogP contribution is -2.05. The third kappa shape index (κ3) is 2.30. The lowest BCUT2D eigenvalue weighted by Gasteiger charge is -2.05. The van der Waals surface area contributed by atoms with E-state index in [-0.39, 0.29) is 0 Å². The number of esters is 1. The van der Waals surface area contributed by atoms with E-state index in [1.807, 2.05) is 6.92 Å². The molecule has 0 saturated heterocycles. The van der Waals surface area contributed by atoms with Crippen molar-refractivity contribution in [3.05, 3.63) is 22.4 Å². The molecule has 1 amide bonds. The van der Waals surface area contributed by atoms with Gasteiger partial charge in [0.05, 0.1) is 23.2 Å². The first-order valence-corrected chi connectivity index (χ1v) is 5.61. The van der Waals surface area contributed by atoms with Crippen LogP contribution >= 0.6 is 11.3 Å². The molecule has 0 spiro atoms. The Kier molecular flexibility index (Phi) is 4.25. The minimum Gasteiger partial charge on any atom is -0.465 e. The lowest BCUT2D eigenvalue weighted by molar-refractivity contribution is -0.105. The first kappa shape index (κ1) is 12.4. The maximum atomic E-state index is 11.4. The van der Waals surface area contributed by atoms with Crippen LogP contribution in [0.5, 0.6) is 0 Å². The average Bonchev–Trinajstić information content (AvgIpc) is 2.71. The van der Waals surface area contributed by atoms with Crippen LogP contribution in [-0.4, -0.2) is 19.5 Å². The Morgan fingerprint density at radius 2 is 2.38 bits per heavy atom. The van der Waals surface area contributed by atoms with E-state index in [9.17, 15) is 9.59 Å². The zero-order valence-electron chi connectivity index (χ0n) is 9.20. The van der Waals surface area contributed by atoms with E-state index in [4.69, 9.17) is 0 Å². The maximum absolute atomic E-state index is 11.4. The number of thiophene rings is 1.